The molecule has 3 aliphatic rings. The van der Waals surface area contributed by atoms with Crippen molar-refractivity contribution in [2.45, 2.75) is 19.3 Å². The lowest BCUT2D eigenvalue weighted by Crippen LogP contribution is -1.93. The van der Waals surface area contributed by atoms with E-state index in [2.05, 4.69) is 97.1 Å². The number of hydrogen-bond donors (Lipinski definition) is 0. The highest BCUT2D eigenvalue weighted by Gasteiger charge is 2.34. The number of fused-ring (bicyclic) bond motifs is 1. The minimum atomic E-state index is 1.02. The Hall–Kier alpha value is -4.42. The van der Waals surface area contributed by atoms with Crippen molar-refractivity contribution in [3.63, 3.8) is 0 Å². The van der Waals surface area contributed by atoms with E-state index in [1.807, 2.05) is 0 Å². The van der Waals surface area contributed by atoms with Gasteiger partial charge in [-0.1, -0.05) is 84.9 Å². The van der Waals surface area contributed by atoms with Crippen LogP contribution in [0.3, 0.4) is 0 Å². The maximum absolute atomic E-state index is 2.55. The molecule has 0 amide bonds. The molecular formula is C37H22. The fraction of sp³-hybridized carbons (Fsp3) is 0.0811. The summed E-state index contributed by atoms with van der Waals surface area (Å²) >= 11 is 0. The average molecular weight is 467 g/mol. The first kappa shape index (κ1) is 18.8. The number of benzene rings is 7. The molecule has 0 spiro atoms. The molecule has 10 rings (SSSR count). The quantitative estimate of drug-likeness (QED) is 0.223. The van der Waals surface area contributed by atoms with E-state index in [0.29, 0.717) is 0 Å². The summed E-state index contributed by atoms with van der Waals surface area (Å²) in [6, 6.07) is 36.7. The smallest absolute Gasteiger partial charge is 0.000660 e. The van der Waals surface area contributed by atoms with Crippen molar-refractivity contribution >= 4 is 43.1 Å². The Morgan fingerprint density at radius 1 is 0.378 bits per heavy atom. The van der Waals surface area contributed by atoms with E-state index >= 15 is 0 Å². The van der Waals surface area contributed by atoms with Crippen LogP contribution in [0.2, 0.25) is 0 Å². The number of hydrogen-bond acceptors (Lipinski definition) is 0. The zero-order valence-corrected chi connectivity index (χ0v) is 20.4. The Kier molecular flexibility index (Phi) is 3.19. The molecule has 0 fully saturated rings. The molecule has 37 heavy (non-hydrogen) atoms. The molecule has 170 valence electrons. The van der Waals surface area contributed by atoms with Gasteiger partial charge in [-0.15, -0.1) is 0 Å². The molecule has 0 N–H and O–H groups in total. The van der Waals surface area contributed by atoms with Crippen molar-refractivity contribution in [1.29, 1.82) is 0 Å². The highest BCUT2D eigenvalue weighted by molar-refractivity contribution is 6.34. The van der Waals surface area contributed by atoms with Crippen LogP contribution in [0.15, 0.2) is 97.1 Å². The van der Waals surface area contributed by atoms with Crippen molar-refractivity contribution in [1.82, 2.24) is 0 Å². The summed E-state index contributed by atoms with van der Waals surface area (Å²) in [6.07, 6.45) is 3.11. The summed E-state index contributed by atoms with van der Waals surface area (Å²) in [5.41, 5.74) is 14.7. The molecule has 0 unspecified atom stereocenters. The van der Waals surface area contributed by atoms with Crippen LogP contribution in [0.5, 0.6) is 0 Å². The second-order valence-corrected chi connectivity index (χ2v) is 11.2. The third-order valence-corrected chi connectivity index (χ3v) is 9.44. The first-order chi connectivity index (χ1) is 18.3. The van der Waals surface area contributed by atoms with Gasteiger partial charge < -0.3 is 0 Å². The largest absolute Gasteiger partial charge is 0.0622 e. The topological polar surface area (TPSA) is 0 Å². The van der Waals surface area contributed by atoms with Crippen molar-refractivity contribution in [3.05, 3.63) is 130 Å². The Balaban J connectivity index is 1.41. The molecule has 0 aromatic heterocycles. The van der Waals surface area contributed by atoms with Crippen molar-refractivity contribution in [2.24, 2.45) is 0 Å². The van der Waals surface area contributed by atoms with Gasteiger partial charge in [0, 0.05) is 0 Å². The normalized spacial score (nSPS) is 14.2. The van der Waals surface area contributed by atoms with E-state index < -0.39 is 0 Å². The van der Waals surface area contributed by atoms with Crippen LogP contribution < -0.4 is 0 Å². The van der Waals surface area contributed by atoms with Crippen LogP contribution in [0.1, 0.15) is 33.4 Å². The van der Waals surface area contributed by atoms with Crippen molar-refractivity contribution in [3.8, 4) is 22.3 Å². The fourth-order valence-electron chi connectivity index (χ4n) is 8.04. The monoisotopic (exact) mass is 466 g/mol. The van der Waals surface area contributed by atoms with E-state index in [4.69, 9.17) is 0 Å². The van der Waals surface area contributed by atoms with E-state index in [-0.39, 0.29) is 0 Å². The van der Waals surface area contributed by atoms with Crippen molar-refractivity contribution < 1.29 is 0 Å². The lowest BCUT2D eigenvalue weighted by Gasteiger charge is -2.15. The molecule has 0 bridgehead atoms. The average Bonchev–Trinajstić information content (AvgIpc) is 3.63. The van der Waals surface area contributed by atoms with Gasteiger partial charge in [-0.2, -0.15) is 0 Å². The summed E-state index contributed by atoms with van der Waals surface area (Å²) < 4.78 is 0. The van der Waals surface area contributed by atoms with Gasteiger partial charge in [0.15, 0.2) is 0 Å². The van der Waals surface area contributed by atoms with Gasteiger partial charge in [-0.25, -0.2) is 0 Å². The molecule has 0 aliphatic heterocycles. The number of rotatable bonds is 2. The van der Waals surface area contributed by atoms with E-state index in [1.54, 1.807) is 32.3 Å². The minimum absolute atomic E-state index is 1.02. The van der Waals surface area contributed by atoms with Crippen LogP contribution in [0.25, 0.3) is 65.3 Å². The predicted molar refractivity (Wildman–Crippen MR) is 156 cm³/mol. The van der Waals surface area contributed by atoms with Crippen LogP contribution >= 0.6 is 0 Å². The molecule has 0 nitrogen and oxygen atoms in total. The molecule has 0 heterocycles. The van der Waals surface area contributed by atoms with Gasteiger partial charge in [0.25, 0.3) is 0 Å². The highest BCUT2D eigenvalue weighted by Crippen LogP contribution is 2.56. The van der Waals surface area contributed by atoms with E-state index in [1.165, 1.54) is 66.4 Å². The Bertz CT molecular complexity index is 2190. The van der Waals surface area contributed by atoms with Gasteiger partial charge >= 0.3 is 0 Å². The zero-order valence-electron chi connectivity index (χ0n) is 20.4. The second-order valence-electron chi connectivity index (χ2n) is 11.2. The fourth-order valence-corrected chi connectivity index (χ4v) is 8.04. The molecule has 7 aromatic carbocycles. The summed E-state index contributed by atoms with van der Waals surface area (Å²) in [6.45, 7) is 0. The van der Waals surface area contributed by atoms with Gasteiger partial charge in [0.2, 0.25) is 0 Å². The maximum Gasteiger partial charge on any atom is -0.000660 e. The van der Waals surface area contributed by atoms with Crippen LogP contribution in [0, 0.1) is 0 Å². The zero-order chi connectivity index (χ0) is 23.8. The molecule has 0 saturated heterocycles. The first-order valence-electron chi connectivity index (χ1n) is 13.4. The van der Waals surface area contributed by atoms with Gasteiger partial charge in [-0.05, 0) is 130 Å². The van der Waals surface area contributed by atoms with Gasteiger partial charge in [-0.3, -0.25) is 0 Å². The molecule has 0 saturated carbocycles. The second kappa shape index (κ2) is 6.28. The summed E-state index contributed by atoms with van der Waals surface area (Å²) in [4.78, 5) is 0. The van der Waals surface area contributed by atoms with Crippen molar-refractivity contribution in [2.75, 3.05) is 0 Å². The van der Waals surface area contributed by atoms with E-state index in [0.717, 1.165) is 19.3 Å². The first-order valence-corrected chi connectivity index (χ1v) is 13.4. The predicted octanol–water partition coefficient (Wildman–Crippen LogP) is 9.35. The SMILES string of the molecule is c1ccc(-c2cc3c4c5c2Cc2ccc6c(c25)c2c(cc(-c5cccc7ccccc57)c(c24)C3)C6)cc1. The van der Waals surface area contributed by atoms with E-state index in [9.17, 15) is 0 Å². The molecular weight excluding hydrogens is 444 g/mol. The maximum atomic E-state index is 2.55. The summed E-state index contributed by atoms with van der Waals surface area (Å²) in [5.74, 6) is 0. The molecule has 0 heteroatoms. The summed E-state index contributed by atoms with van der Waals surface area (Å²) in [7, 11) is 0. The third-order valence-electron chi connectivity index (χ3n) is 9.44. The lowest BCUT2D eigenvalue weighted by atomic mass is 9.88. The molecule has 3 aliphatic carbocycles. The molecule has 0 radical (unpaired) electrons. The standard InChI is InChI=1S/C37H22/c1-2-7-21(8-3-1)28-17-25-19-31-29(27-12-6-10-20-9-4-5-11-26(20)27)18-24-15-22-13-14-23-16-30(28)36-33(23)32(22)34(24)37(31)35(25)36/h1-14,17-18H,15-16,19H2. The highest BCUT2D eigenvalue weighted by atomic mass is 14.4. The van der Waals surface area contributed by atoms with Crippen LogP contribution in [0.4, 0.5) is 0 Å². The minimum Gasteiger partial charge on any atom is -0.0622 e. The third kappa shape index (κ3) is 2.14. The Labute approximate surface area is 214 Å². The van der Waals surface area contributed by atoms with Gasteiger partial charge in [0.1, 0.15) is 0 Å². The van der Waals surface area contributed by atoms with Crippen LogP contribution in [-0.2, 0) is 19.3 Å². The van der Waals surface area contributed by atoms with Crippen LogP contribution in [-0.4, -0.2) is 0 Å². The molecule has 0 atom stereocenters. The van der Waals surface area contributed by atoms with Gasteiger partial charge in [0.05, 0.1) is 0 Å². The summed E-state index contributed by atoms with van der Waals surface area (Å²) in [5, 5.41) is 12.0. The lowest BCUT2D eigenvalue weighted by molar-refractivity contribution is 1.24. The molecule has 7 aromatic rings. The Morgan fingerprint density at radius 2 is 0.973 bits per heavy atom. The Morgan fingerprint density at radius 3 is 1.86 bits per heavy atom.